The number of morpholine rings is 1. The number of hydrogen-bond acceptors (Lipinski definition) is 3. The van der Waals surface area contributed by atoms with Gasteiger partial charge in [0.05, 0.1) is 13.2 Å². The molecule has 1 aliphatic rings. The van der Waals surface area contributed by atoms with Gasteiger partial charge in [-0.1, -0.05) is 24.3 Å². The van der Waals surface area contributed by atoms with Gasteiger partial charge in [0.25, 0.3) is 0 Å². The van der Waals surface area contributed by atoms with Crippen molar-refractivity contribution >= 4 is 0 Å². The van der Waals surface area contributed by atoms with E-state index in [2.05, 4.69) is 43.0 Å². The van der Waals surface area contributed by atoms with Gasteiger partial charge >= 0.3 is 0 Å². The van der Waals surface area contributed by atoms with E-state index in [1.165, 1.54) is 11.1 Å². The first-order valence-corrected chi connectivity index (χ1v) is 6.72. The predicted molar refractivity (Wildman–Crippen MR) is 74.5 cm³/mol. The molecule has 0 radical (unpaired) electrons. The van der Waals surface area contributed by atoms with Gasteiger partial charge in [0.1, 0.15) is 0 Å². The van der Waals surface area contributed by atoms with E-state index in [0.29, 0.717) is 0 Å². The topological polar surface area (TPSA) is 38.5 Å². The maximum atomic E-state index is 5.56. The molecule has 3 nitrogen and oxygen atoms in total. The van der Waals surface area contributed by atoms with Crippen molar-refractivity contribution < 1.29 is 4.74 Å². The lowest BCUT2D eigenvalue weighted by Gasteiger charge is -2.42. The van der Waals surface area contributed by atoms with E-state index in [1.54, 1.807) is 0 Å². The van der Waals surface area contributed by atoms with E-state index in [9.17, 15) is 0 Å². The molecule has 0 unspecified atom stereocenters. The third-order valence-corrected chi connectivity index (χ3v) is 3.65. The van der Waals surface area contributed by atoms with Crippen molar-refractivity contribution in [2.24, 2.45) is 5.73 Å². The Morgan fingerprint density at radius 3 is 2.50 bits per heavy atom. The minimum Gasteiger partial charge on any atom is -0.378 e. The number of ether oxygens (including phenoxy) is 1. The number of nitrogens with two attached hydrogens (primary N) is 1. The number of nitrogens with zero attached hydrogens (tertiary/aromatic N) is 1. The first-order valence-electron chi connectivity index (χ1n) is 6.72. The lowest BCUT2D eigenvalue weighted by atomic mass is 10.0. The van der Waals surface area contributed by atoms with E-state index in [1.807, 2.05) is 0 Å². The van der Waals surface area contributed by atoms with Crippen LogP contribution in [0.3, 0.4) is 0 Å². The minimum absolute atomic E-state index is 0.133. The summed E-state index contributed by atoms with van der Waals surface area (Å²) in [5, 5.41) is 0. The van der Waals surface area contributed by atoms with Crippen LogP contribution in [0.25, 0.3) is 0 Å². The summed E-state index contributed by atoms with van der Waals surface area (Å²) >= 11 is 0. The summed E-state index contributed by atoms with van der Waals surface area (Å²) in [5.41, 5.74) is 8.38. The molecule has 100 valence electrons. The molecule has 0 aromatic heterocycles. The van der Waals surface area contributed by atoms with Crippen molar-refractivity contribution in [2.45, 2.75) is 32.4 Å². The highest BCUT2D eigenvalue weighted by molar-refractivity contribution is 5.23. The fraction of sp³-hybridized carbons (Fsp3) is 0.600. The molecule has 1 aromatic carbocycles. The van der Waals surface area contributed by atoms with Crippen molar-refractivity contribution in [3.05, 3.63) is 35.4 Å². The van der Waals surface area contributed by atoms with Gasteiger partial charge in [-0.2, -0.15) is 0 Å². The highest BCUT2D eigenvalue weighted by Gasteiger charge is 2.30. The molecular weight excluding hydrogens is 224 g/mol. The van der Waals surface area contributed by atoms with E-state index in [-0.39, 0.29) is 5.54 Å². The van der Waals surface area contributed by atoms with Gasteiger partial charge in [-0.25, -0.2) is 0 Å². The molecule has 1 saturated heterocycles. The van der Waals surface area contributed by atoms with Crippen molar-refractivity contribution in [1.82, 2.24) is 4.90 Å². The first kappa shape index (κ1) is 13.5. The summed E-state index contributed by atoms with van der Waals surface area (Å²) in [6.45, 7) is 8.88. The van der Waals surface area contributed by atoms with Crippen LogP contribution in [-0.4, -0.2) is 36.7 Å². The quantitative estimate of drug-likeness (QED) is 0.883. The van der Waals surface area contributed by atoms with Crippen LogP contribution in [0.5, 0.6) is 0 Å². The van der Waals surface area contributed by atoms with Gasteiger partial charge in [-0.05, 0) is 37.9 Å². The molecule has 0 spiro atoms. The molecule has 0 atom stereocenters. The molecule has 0 amide bonds. The molecule has 0 saturated carbocycles. The SMILES string of the molecule is CC1(C)COCCN1Cc1ccc(CCN)cc1. The van der Waals surface area contributed by atoms with Crippen molar-refractivity contribution in [1.29, 1.82) is 0 Å². The van der Waals surface area contributed by atoms with Crippen LogP contribution in [-0.2, 0) is 17.7 Å². The van der Waals surface area contributed by atoms with Gasteiger partial charge in [0, 0.05) is 18.6 Å². The molecular formula is C15H24N2O. The van der Waals surface area contributed by atoms with Gasteiger partial charge in [-0.3, -0.25) is 4.90 Å². The monoisotopic (exact) mass is 248 g/mol. The summed E-state index contributed by atoms with van der Waals surface area (Å²) in [6, 6.07) is 8.82. The van der Waals surface area contributed by atoms with Crippen LogP contribution in [0.15, 0.2) is 24.3 Å². The minimum atomic E-state index is 0.133. The largest absolute Gasteiger partial charge is 0.378 e. The normalized spacial score (nSPS) is 19.9. The van der Waals surface area contributed by atoms with Crippen LogP contribution in [0, 0.1) is 0 Å². The van der Waals surface area contributed by atoms with Crippen molar-refractivity contribution in [3.8, 4) is 0 Å². The zero-order valence-corrected chi connectivity index (χ0v) is 11.5. The number of hydrogen-bond donors (Lipinski definition) is 1. The van der Waals surface area contributed by atoms with Crippen LogP contribution >= 0.6 is 0 Å². The second-order valence-corrected chi connectivity index (χ2v) is 5.64. The molecule has 1 heterocycles. The summed E-state index contributed by atoms with van der Waals surface area (Å²) in [7, 11) is 0. The Labute approximate surface area is 110 Å². The lowest BCUT2D eigenvalue weighted by molar-refractivity contribution is -0.0552. The smallest absolute Gasteiger partial charge is 0.0645 e. The second kappa shape index (κ2) is 5.83. The van der Waals surface area contributed by atoms with Crippen LogP contribution in [0.4, 0.5) is 0 Å². The average Bonchev–Trinajstić information content (AvgIpc) is 2.34. The maximum absolute atomic E-state index is 5.56. The zero-order chi connectivity index (χ0) is 13.0. The van der Waals surface area contributed by atoms with Crippen LogP contribution < -0.4 is 5.73 Å². The van der Waals surface area contributed by atoms with Crippen molar-refractivity contribution in [2.75, 3.05) is 26.3 Å². The van der Waals surface area contributed by atoms with Gasteiger partial charge in [0.15, 0.2) is 0 Å². The van der Waals surface area contributed by atoms with Gasteiger partial charge < -0.3 is 10.5 Å². The van der Waals surface area contributed by atoms with Gasteiger partial charge in [0.2, 0.25) is 0 Å². The Balaban J connectivity index is 1.99. The standard InChI is InChI=1S/C15H24N2O/c1-15(2)12-18-10-9-17(15)11-14-5-3-13(4-6-14)7-8-16/h3-6H,7-12,16H2,1-2H3. The van der Waals surface area contributed by atoms with E-state index >= 15 is 0 Å². The third kappa shape index (κ3) is 3.31. The maximum Gasteiger partial charge on any atom is 0.0645 e. The number of benzene rings is 1. The Morgan fingerprint density at radius 2 is 1.89 bits per heavy atom. The lowest BCUT2D eigenvalue weighted by Crippen LogP contribution is -2.52. The predicted octanol–water partition coefficient (Wildman–Crippen LogP) is 1.80. The molecule has 1 aliphatic heterocycles. The average molecular weight is 248 g/mol. The molecule has 1 fully saturated rings. The molecule has 0 aliphatic carbocycles. The Kier molecular flexibility index (Phi) is 4.38. The molecule has 18 heavy (non-hydrogen) atoms. The number of rotatable bonds is 4. The third-order valence-electron chi connectivity index (χ3n) is 3.65. The highest BCUT2D eigenvalue weighted by atomic mass is 16.5. The van der Waals surface area contributed by atoms with Crippen LogP contribution in [0.2, 0.25) is 0 Å². The Morgan fingerprint density at radius 1 is 1.22 bits per heavy atom. The van der Waals surface area contributed by atoms with Crippen molar-refractivity contribution in [3.63, 3.8) is 0 Å². The van der Waals surface area contributed by atoms with E-state index in [4.69, 9.17) is 10.5 Å². The molecule has 0 bridgehead atoms. The second-order valence-electron chi connectivity index (χ2n) is 5.64. The van der Waals surface area contributed by atoms with Crippen LogP contribution in [0.1, 0.15) is 25.0 Å². The fourth-order valence-corrected chi connectivity index (χ4v) is 2.38. The Bertz CT molecular complexity index is 373. The highest BCUT2D eigenvalue weighted by Crippen LogP contribution is 2.21. The first-order chi connectivity index (χ1) is 8.62. The zero-order valence-electron chi connectivity index (χ0n) is 11.5. The van der Waals surface area contributed by atoms with E-state index < -0.39 is 0 Å². The molecule has 2 rings (SSSR count). The summed E-state index contributed by atoms with van der Waals surface area (Å²) in [6.07, 6.45) is 0.962. The summed E-state index contributed by atoms with van der Waals surface area (Å²) < 4.78 is 5.55. The molecule has 1 aromatic rings. The van der Waals surface area contributed by atoms with E-state index in [0.717, 1.165) is 39.3 Å². The Hall–Kier alpha value is -0.900. The summed E-state index contributed by atoms with van der Waals surface area (Å²) in [5.74, 6) is 0. The summed E-state index contributed by atoms with van der Waals surface area (Å²) in [4.78, 5) is 2.49. The van der Waals surface area contributed by atoms with Gasteiger partial charge in [-0.15, -0.1) is 0 Å². The molecule has 3 heteroatoms. The molecule has 2 N–H and O–H groups in total. The fourth-order valence-electron chi connectivity index (χ4n) is 2.38.